The lowest BCUT2D eigenvalue weighted by molar-refractivity contribution is -0.137. The molecule has 0 spiro atoms. The molecule has 45 heavy (non-hydrogen) atoms. The maximum absolute atomic E-state index is 14.2. The van der Waals surface area contributed by atoms with E-state index in [0.717, 1.165) is 17.2 Å². The molecule has 0 unspecified atom stereocenters. The number of thiazole rings is 1. The van der Waals surface area contributed by atoms with Gasteiger partial charge in [-0.25, -0.2) is 24.5 Å². The summed E-state index contributed by atoms with van der Waals surface area (Å²) in [6, 6.07) is 13.2. The van der Waals surface area contributed by atoms with Gasteiger partial charge in [0.2, 0.25) is 5.95 Å². The van der Waals surface area contributed by atoms with Crippen LogP contribution in [0, 0.1) is 0 Å². The summed E-state index contributed by atoms with van der Waals surface area (Å²) in [7, 11) is 0. The Kier molecular flexibility index (Phi) is 7.43. The molecule has 0 bridgehead atoms. The number of aromatic nitrogens is 6. The molecule has 7 rings (SSSR count). The van der Waals surface area contributed by atoms with Crippen LogP contribution in [-0.2, 0) is 6.18 Å². The monoisotopic (exact) mass is 627 g/mol. The van der Waals surface area contributed by atoms with Crippen molar-refractivity contribution in [2.75, 3.05) is 36.4 Å². The predicted octanol–water partition coefficient (Wildman–Crippen LogP) is 5.53. The molecular formula is C31H24F3N9OS. The molecule has 6 aromatic rings. The van der Waals surface area contributed by atoms with Crippen molar-refractivity contribution in [2.24, 2.45) is 0 Å². The molecule has 0 amide bonds. The van der Waals surface area contributed by atoms with E-state index >= 15 is 0 Å². The first-order valence-electron chi connectivity index (χ1n) is 14.0. The van der Waals surface area contributed by atoms with Crippen LogP contribution in [0.15, 0.2) is 89.8 Å². The van der Waals surface area contributed by atoms with E-state index in [2.05, 4.69) is 35.6 Å². The van der Waals surface area contributed by atoms with Crippen LogP contribution in [-0.4, -0.2) is 55.7 Å². The van der Waals surface area contributed by atoms with Gasteiger partial charge < -0.3 is 15.5 Å². The first-order valence-corrected chi connectivity index (χ1v) is 14.9. The fourth-order valence-corrected chi connectivity index (χ4v) is 6.05. The molecule has 1 saturated heterocycles. The highest BCUT2D eigenvalue weighted by Crippen LogP contribution is 2.39. The highest BCUT2D eigenvalue weighted by Gasteiger charge is 2.35. The number of piperazine rings is 1. The van der Waals surface area contributed by atoms with Crippen LogP contribution in [0.25, 0.3) is 38.4 Å². The van der Waals surface area contributed by atoms with Crippen molar-refractivity contribution < 1.29 is 13.2 Å². The molecule has 226 valence electrons. The van der Waals surface area contributed by atoms with Gasteiger partial charge in [-0.15, -0.1) is 11.3 Å². The summed E-state index contributed by atoms with van der Waals surface area (Å²) in [6.07, 6.45) is 3.34. The number of benzene rings is 2. The predicted molar refractivity (Wildman–Crippen MR) is 167 cm³/mol. The zero-order valence-electron chi connectivity index (χ0n) is 23.5. The molecule has 0 atom stereocenters. The summed E-state index contributed by atoms with van der Waals surface area (Å²) in [4.78, 5) is 37.5. The van der Waals surface area contributed by atoms with Gasteiger partial charge in [0.15, 0.2) is 10.8 Å². The van der Waals surface area contributed by atoms with Gasteiger partial charge in [-0.1, -0.05) is 24.3 Å². The molecule has 0 radical (unpaired) electrons. The Labute approximate surface area is 258 Å². The van der Waals surface area contributed by atoms with Crippen LogP contribution < -0.4 is 21.1 Å². The molecule has 10 nitrogen and oxygen atoms in total. The van der Waals surface area contributed by atoms with E-state index in [1.807, 2.05) is 24.3 Å². The van der Waals surface area contributed by atoms with Crippen molar-refractivity contribution in [3.63, 3.8) is 0 Å². The van der Waals surface area contributed by atoms with E-state index in [0.29, 0.717) is 47.8 Å². The number of anilines is 3. The fraction of sp³-hybridized carbons (Fsp3) is 0.161. The Morgan fingerprint density at radius 2 is 1.69 bits per heavy atom. The van der Waals surface area contributed by atoms with Crippen molar-refractivity contribution in [3.8, 4) is 27.4 Å². The van der Waals surface area contributed by atoms with Crippen molar-refractivity contribution in [2.45, 2.75) is 6.18 Å². The van der Waals surface area contributed by atoms with Gasteiger partial charge in [0.1, 0.15) is 6.33 Å². The van der Waals surface area contributed by atoms with E-state index in [-0.39, 0.29) is 28.5 Å². The lowest BCUT2D eigenvalue weighted by Crippen LogP contribution is -2.44. The maximum atomic E-state index is 14.2. The number of hydrogen-bond acceptors (Lipinski definition) is 10. The van der Waals surface area contributed by atoms with E-state index in [9.17, 15) is 18.0 Å². The van der Waals surface area contributed by atoms with Crippen LogP contribution in [0.4, 0.5) is 30.5 Å². The standard InChI is InChI=1S/C31H24F3N9OS/c32-31(33,34)25-14-21(5-6-26(25)42-10-7-35-8-11-42)40-29-39-17-19-13-24(28(44)43(27(19)41-29)30-38-9-12-45-30)23-4-2-1-3-22(23)20-15-36-18-37-16-20/h1-6,9,12-18,35H,7-8,10-11H2,(H,39,40,41). The Hall–Kier alpha value is -5.21. The first kappa shape index (κ1) is 28.6. The van der Waals surface area contributed by atoms with Crippen molar-refractivity contribution in [1.82, 2.24) is 34.8 Å². The highest BCUT2D eigenvalue weighted by molar-refractivity contribution is 7.12. The Morgan fingerprint density at radius 3 is 2.42 bits per heavy atom. The van der Waals surface area contributed by atoms with Crippen LogP contribution in [0.5, 0.6) is 0 Å². The van der Waals surface area contributed by atoms with Crippen molar-refractivity contribution in [3.05, 3.63) is 101 Å². The quantitative estimate of drug-likeness (QED) is 0.246. The van der Waals surface area contributed by atoms with Crippen LogP contribution >= 0.6 is 11.3 Å². The molecule has 1 aliphatic rings. The van der Waals surface area contributed by atoms with Crippen molar-refractivity contribution >= 4 is 39.7 Å². The molecule has 1 aliphatic heterocycles. The average Bonchev–Trinajstić information content (AvgIpc) is 3.59. The first-order chi connectivity index (χ1) is 21.9. The maximum Gasteiger partial charge on any atom is 0.418 e. The number of nitrogens with zero attached hydrogens (tertiary/aromatic N) is 7. The zero-order valence-corrected chi connectivity index (χ0v) is 24.3. The number of pyridine rings is 1. The lowest BCUT2D eigenvalue weighted by Gasteiger charge is -2.31. The molecule has 14 heteroatoms. The van der Waals surface area contributed by atoms with Gasteiger partial charge in [-0.2, -0.15) is 18.2 Å². The minimum atomic E-state index is -4.56. The number of hydrogen-bond donors (Lipinski definition) is 2. The van der Waals surface area contributed by atoms with Gasteiger partial charge >= 0.3 is 6.18 Å². The molecular weight excluding hydrogens is 603 g/mol. The highest BCUT2D eigenvalue weighted by atomic mass is 32.1. The summed E-state index contributed by atoms with van der Waals surface area (Å²) < 4.78 is 43.8. The van der Waals surface area contributed by atoms with E-state index in [4.69, 9.17) is 0 Å². The van der Waals surface area contributed by atoms with E-state index in [1.54, 1.807) is 41.0 Å². The lowest BCUT2D eigenvalue weighted by atomic mass is 9.96. The van der Waals surface area contributed by atoms with E-state index < -0.39 is 11.7 Å². The van der Waals surface area contributed by atoms with Gasteiger partial charge in [0.25, 0.3) is 5.56 Å². The number of fused-ring (bicyclic) bond motifs is 1. The smallest absolute Gasteiger partial charge is 0.368 e. The van der Waals surface area contributed by atoms with Crippen LogP contribution in [0.2, 0.25) is 0 Å². The normalized spacial score (nSPS) is 13.7. The molecule has 5 heterocycles. The third-order valence-electron chi connectivity index (χ3n) is 7.46. The van der Waals surface area contributed by atoms with Gasteiger partial charge in [0, 0.05) is 84.2 Å². The summed E-state index contributed by atoms with van der Waals surface area (Å²) in [5, 5.41) is 8.73. The Balaban J connectivity index is 1.33. The number of alkyl halides is 3. The molecule has 2 N–H and O–H groups in total. The second kappa shape index (κ2) is 11.7. The van der Waals surface area contributed by atoms with Crippen LogP contribution in [0.3, 0.4) is 0 Å². The summed E-state index contributed by atoms with van der Waals surface area (Å²) in [5.74, 6) is 0.0323. The van der Waals surface area contributed by atoms with Gasteiger partial charge in [0.05, 0.1) is 5.56 Å². The molecule has 2 aromatic carbocycles. The SMILES string of the molecule is O=c1c(-c2ccccc2-c2cncnc2)cc2cnc(Nc3ccc(N4CCNCC4)c(C(F)(F)F)c3)nc2n1-c1nccs1. The van der Waals surface area contributed by atoms with Gasteiger partial charge in [-0.3, -0.25) is 4.79 Å². The zero-order chi connectivity index (χ0) is 31.0. The summed E-state index contributed by atoms with van der Waals surface area (Å²) in [6.45, 7) is 2.17. The average molecular weight is 628 g/mol. The molecule has 4 aromatic heterocycles. The van der Waals surface area contributed by atoms with Crippen molar-refractivity contribution in [1.29, 1.82) is 0 Å². The molecule has 0 saturated carbocycles. The summed E-state index contributed by atoms with van der Waals surface area (Å²) in [5.41, 5.74) is 1.99. The topological polar surface area (TPSA) is 114 Å². The molecule has 1 fully saturated rings. The minimum Gasteiger partial charge on any atom is -0.368 e. The Bertz CT molecular complexity index is 2040. The third kappa shape index (κ3) is 5.60. The number of halogens is 3. The second-order valence-corrected chi connectivity index (χ2v) is 11.1. The third-order valence-corrected chi connectivity index (χ3v) is 8.21. The Morgan fingerprint density at radius 1 is 0.911 bits per heavy atom. The number of nitrogens with one attached hydrogen (secondary N) is 2. The van der Waals surface area contributed by atoms with Crippen LogP contribution in [0.1, 0.15) is 5.56 Å². The number of rotatable bonds is 6. The minimum absolute atomic E-state index is 0.0323. The second-order valence-electron chi connectivity index (χ2n) is 10.3. The molecule has 0 aliphatic carbocycles. The summed E-state index contributed by atoms with van der Waals surface area (Å²) >= 11 is 1.26. The van der Waals surface area contributed by atoms with E-state index in [1.165, 1.54) is 34.5 Å². The largest absolute Gasteiger partial charge is 0.418 e. The van der Waals surface area contributed by atoms with Gasteiger partial charge in [-0.05, 0) is 35.4 Å². The fourth-order valence-electron chi connectivity index (χ4n) is 5.41.